The third kappa shape index (κ3) is 11.7. The van der Waals surface area contributed by atoms with Gasteiger partial charge in [0.1, 0.15) is 42.3 Å². The van der Waals surface area contributed by atoms with Crippen LogP contribution < -0.4 is 32.7 Å². The Bertz CT molecular complexity index is 1770. The number of hydrogen-bond donors (Lipinski definition) is 10. The highest BCUT2D eigenvalue weighted by Crippen LogP contribution is 2.27. The van der Waals surface area contributed by atoms with Crippen LogP contribution in [0.5, 0.6) is 0 Å². The number of benzene rings is 1. The lowest BCUT2D eigenvalue weighted by Gasteiger charge is -2.34. The first-order valence-corrected chi connectivity index (χ1v) is 20.0. The molecule has 7 atom stereocenters. The molecule has 6 amide bonds. The van der Waals surface area contributed by atoms with Crippen LogP contribution in [0.2, 0.25) is 0 Å². The normalized spacial score (nSPS) is 19.3. The number of aliphatic hydroxyl groups is 2. The zero-order valence-corrected chi connectivity index (χ0v) is 33.2. The van der Waals surface area contributed by atoms with Gasteiger partial charge in [0.25, 0.3) is 0 Å². The molecular weight excluding hydrogens is 754 g/mol. The van der Waals surface area contributed by atoms with E-state index in [0.29, 0.717) is 44.2 Å². The molecule has 0 unspecified atom stereocenters. The molecule has 0 spiro atoms. The van der Waals surface area contributed by atoms with Gasteiger partial charge in [0.15, 0.2) is 0 Å². The van der Waals surface area contributed by atoms with Crippen molar-refractivity contribution in [1.29, 1.82) is 0 Å². The summed E-state index contributed by atoms with van der Waals surface area (Å²) < 4.78 is 0. The number of hydrogen-bond acceptors (Lipinski definition) is 11. The van der Waals surface area contributed by atoms with Crippen molar-refractivity contribution >= 4 is 52.3 Å². The number of rotatable bonds is 21. The predicted molar refractivity (Wildman–Crippen MR) is 211 cm³/mol. The summed E-state index contributed by atoms with van der Waals surface area (Å²) in [4.78, 5) is 99.6. The van der Waals surface area contributed by atoms with Crippen LogP contribution in [0.15, 0.2) is 30.5 Å². The number of likely N-dealkylation sites (tertiary alicyclic amines) is 2. The lowest BCUT2D eigenvalue weighted by Crippen LogP contribution is -2.60. The Balaban J connectivity index is 1.53. The Labute approximate surface area is 337 Å². The van der Waals surface area contributed by atoms with E-state index < -0.39 is 96.9 Å². The van der Waals surface area contributed by atoms with Gasteiger partial charge in [-0.2, -0.15) is 0 Å². The molecule has 2 fully saturated rings. The molecular formula is C39H59N9O10. The number of carbonyl (C=O) groups is 7. The highest BCUT2D eigenvalue weighted by Gasteiger charge is 2.44. The molecule has 0 bridgehead atoms. The van der Waals surface area contributed by atoms with Crippen molar-refractivity contribution in [3.63, 3.8) is 0 Å². The van der Waals surface area contributed by atoms with Gasteiger partial charge in [-0.25, -0.2) is 4.79 Å². The average Bonchev–Trinajstić information content (AvgIpc) is 3.98. The fraction of sp³-hybridized carbons (Fsp3) is 0.615. The zero-order valence-electron chi connectivity index (χ0n) is 33.2. The SMILES string of the molecule is CC(C)C[C@H](NC(=O)[C@H](CCCCN)NC(=O)[C@H](Cc1c[nH]c2ccccc12)NC(=O)[C@@H](N)CO)C(=O)N1CCC[C@H]1C(=O)N1CCC[C@H]1C(=O)N[C@@H](CO)C(=O)O. The number of aliphatic carboxylic acids is 1. The molecule has 0 aliphatic carbocycles. The van der Waals surface area contributed by atoms with Crippen molar-refractivity contribution in [1.82, 2.24) is 36.1 Å². The first-order chi connectivity index (χ1) is 27.7. The molecule has 0 saturated carbocycles. The fourth-order valence-electron chi connectivity index (χ4n) is 7.53. The number of aromatic amines is 1. The van der Waals surface area contributed by atoms with E-state index in [1.54, 1.807) is 6.20 Å². The Kier molecular flexibility index (Phi) is 17.0. The number of nitrogens with one attached hydrogen (secondary N) is 5. The number of aliphatic hydroxyl groups excluding tert-OH is 2. The quantitative estimate of drug-likeness (QED) is 0.0625. The van der Waals surface area contributed by atoms with Crippen LogP contribution in [0.1, 0.15) is 70.8 Å². The molecule has 4 rings (SSSR count). The molecule has 1 aromatic heterocycles. The van der Waals surface area contributed by atoms with E-state index in [1.807, 2.05) is 38.1 Å². The minimum atomic E-state index is -1.53. The molecule has 2 aliphatic rings. The van der Waals surface area contributed by atoms with Crippen molar-refractivity contribution in [3.05, 3.63) is 36.0 Å². The highest BCUT2D eigenvalue weighted by molar-refractivity contribution is 5.98. The maximum Gasteiger partial charge on any atom is 0.328 e. The van der Waals surface area contributed by atoms with E-state index in [4.69, 9.17) is 11.5 Å². The van der Waals surface area contributed by atoms with Gasteiger partial charge in [-0.1, -0.05) is 32.0 Å². The van der Waals surface area contributed by atoms with Crippen molar-refractivity contribution in [2.24, 2.45) is 17.4 Å². The minimum absolute atomic E-state index is 0.0246. The number of carbonyl (C=O) groups excluding carboxylic acids is 6. The molecule has 1 aromatic carbocycles. The van der Waals surface area contributed by atoms with Crippen molar-refractivity contribution in [3.8, 4) is 0 Å². The number of carboxylic acid groups (broad SMARTS) is 1. The van der Waals surface area contributed by atoms with E-state index in [2.05, 4.69) is 26.3 Å². The first-order valence-electron chi connectivity index (χ1n) is 20.0. The highest BCUT2D eigenvalue weighted by atomic mass is 16.4. The summed E-state index contributed by atoms with van der Waals surface area (Å²) in [6, 6.07) is -0.766. The van der Waals surface area contributed by atoms with Gasteiger partial charge in [-0.15, -0.1) is 0 Å². The molecule has 12 N–H and O–H groups in total. The molecule has 2 saturated heterocycles. The van der Waals surface area contributed by atoms with E-state index in [9.17, 15) is 48.9 Å². The third-order valence-electron chi connectivity index (χ3n) is 10.6. The second-order valence-electron chi connectivity index (χ2n) is 15.4. The first kappa shape index (κ1) is 45.6. The number of para-hydroxylation sites is 1. The molecule has 320 valence electrons. The van der Waals surface area contributed by atoms with Crippen LogP contribution in [-0.2, 0) is 40.0 Å². The summed E-state index contributed by atoms with van der Waals surface area (Å²) in [6.07, 6.45) is 4.65. The van der Waals surface area contributed by atoms with Crippen LogP contribution in [0.3, 0.4) is 0 Å². The number of nitrogens with zero attached hydrogens (tertiary/aromatic N) is 2. The monoisotopic (exact) mass is 813 g/mol. The lowest BCUT2D eigenvalue weighted by atomic mass is 10.00. The third-order valence-corrected chi connectivity index (χ3v) is 10.6. The topological polar surface area (TPSA) is 303 Å². The molecule has 58 heavy (non-hydrogen) atoms. The number of amides is 6. The maximum atomic E-state index is 14.3. The number of aromatic nitrogens is 1. The van der Waals surface area contributed by atoms with Gasteiger partial charge >= 0.3 is 5.97 Å². The van der Waals surface area contributed by atoms with Crippen molar-refractivity contribution < 1.29 is 48.9 Å². The molecule has 19 heteroatoms. The second kappa shape index (κ2) is 21.6. The van der Waals surface area contributed by atoms with Crippen LogP contribution >= 0.6 is 0 Å². The maximum absolute atomic E-state index is 14.3. The van der Waals surface area contributed by atoms with Crippen molar-refractivity contribution in [2.45, 2.75) is 114 Å². The van der Waals surface area contributed by atoms with E-state index in [-0.39, 0.29) is 44.7 Å². The summed E-state index contributed by atoms with van der Waals surface area (Å²) in [5.74, 6) is -5.28. The van der Waals surface area contributed by atoms with Gasteiger partial charge in [0.2, 0.25) is 35.4 Å². The van der Waals surface area contributed by atoms with Gasteiger partial charge in [0.05, 0.1) is 13.2 Å². The average molecular weight is 814 g/mol. The number of fused-ring (bicyclic) bond motifs is 1. The Morgan fingerprint density at radius 2 is 1.45 bits per heavy atom. The van der Waals surface area contributed by atoms with Crippen LogP contribution in [0.25, 0.3) is 10.9 Å². The Morgan fingerprint density at radius 3 is 2.10 bits per heavy atom. The van der Waals surface area contributed by atoms with E-state index in [0.717, 1.165) is 10.9 Å². The smallest absolute Gasteiger partial charge is 0.328 e. The van der Waals surface area contributed by atoms with Crippen LogP contribution in [0, 0.1) is 5.92 Å². The van der Waals surface area contributed by atoms with Gasteiger partial charge in [-0.3, -0.25) is 28.8 Å². The molecule has 0 radical (unpaired) electrons. The van der Waals surface area contributed by atoms with Crippen LogP contribution in [0.4, 0.5) is 0 Å². The van der Waals surface area contributed by atoms with E-state index >= 15 is 0 Å². The van der Waals surface area contributed by atoms with Gasteiger partial charge < -0.3 is 62.8 Å². The Morgan fingerprint density at radius 1 is 0.810 bits per heavy atom. The fourth-order valence-corrected chi connectivity index (χ4v) is 7.53. The Hall–Kier alpha value is -5.11. The standard InChI is InChI=1S/C39H59N9O10/c1-22(2)17-29(37(55)48-16-8-13-32(48)38(56)47-15-7-12-31(47)36(54)46-30(21-50)39(57)58)45-34(52)27(11-5-6-14-40)43-35(53)28(44-33(51)25(41)20-49)18-23-19-42-26-10-4-3-9-24(23)26/h3-4,9-10,19,22,25,27-32,42,49-50H,5-8,11-18,20-21,40-41H2,1-2H3,(H,43,53)(H,44,51)(H,45,52)(H,46,54)(H,57,58)/t25-,27-,28-,29-,30-,31-,32-/m0/s1. The molecule has 3 heterocycles. The second-order valence-corrected chi connectivity index (χ2v) is 15.4. The number of H-pyrrole nitrogens is 1. The molecule has 19 nitrogen and oxygen atoms in total. The summed E-state index contributed by atoms with van der Waals surface area (Å²) in [5, 5.41) is 39.5. The minimum Gasteiger partial charge on any atom is -0.480 e. The molecule has 2 aliphatic heterocycles. The number of carboxylic acids is 1. The number of unbranched alkanes of at least 4 members (excludes halogenated alkanes) is 1. The summed E-state index contributed by atoms with van der Waals surface area (Å²) >= 11 is 0. The lowest BCUT2D eigenvalue weighted by molar-refractivity contribution is -0.149. The van der Waals surface area contributed by atoms with Gasteiger partial charge in [0, 0.05) is 36.6 Å². The number of nitrogens with two attached hydrogens (primary N) is 2. The van der Waals surface area contributed by atoms with Crippen LogP contribution in [-0.4, -0.2) is 147 Å². The van der Waals surface area contributed by atoms with Gasteiger partial charge in [-0.05, 0) is 75.5 Å². The predicted octanol–water partition coefficient (Wildman–Crippen LogP) is -1.80. The summed E-state index contributed by atoms with van der Waals surface area (Å²) in [7, 11) is 0. The molecule has 2 aromatic rings. The van der Waals surface area contributed by atoms with E-state index in [1.165, 1.54) is 9.80 Å². The summed E-state index contributed by atoms with van der Waals surface area (Å²) in [6.45, 7) is 3.04. The van der Waals surface area contributed by atoms with Crippen molar-refractivity contribution in [2.75, 3.05) is 32.8 Å². The summed E-state index contributed by atoms with van der Waals surface area (Å²) in [5.41, 5.74) is 13.0. The zero-order chi connectivity index (χ0) is 42.5. The largest absolute Gasteiger partial charge is 0.480 e.